The Morgan fingerprint density at radius 1 is 1.44 bits per heavy atom. The van der Waals surface area contributed by atoms with Crippen LogP contribution in [-0.4, -0.2) is 46.1 Å². The van der Waals surface area contributed by atoms with E-state index >= 15 is 0 Å². The van der Waals surface area contributed by atoms with Crippen LogP contribution in [0.3, 0.4) is 0 Å². The Morgan fingerprint density at radius 3 is 2.67 bits per heavy atom. The maximum Gasteiger partial charge on any atom is 0.233 e. The zero-order chi connectivity index (χ0) is 13.5. The van der Waals surface area contributed by atoms with Crippen molar-refractivity contribution in [1.29, 1.82) is 0 Å². The molecule has 0 aromatic carbocycles. The molecule has 0 fully saturated rings. The Bertz CT molecular complexity index is 382. The SMILES string of the molecule is COc1ccc(C(O)C(O)CCNC(C)=O)nn1. The number of hydrogen-bond acceptors (Lipinski definition) is 6. The van der Waals surface area contributed by atoms with Crippen molar-refractivity contribution in [3.63, 3.8) is 0 Å². The lowest BCUT2D eigenvalue weighted by atomic mass is 10.1. The van der Waals surface area contributed by atoms with E-state index in [9.17, 15) is 15.0 Å². The molecule has 1 rings (SSSR count). The summed E-state index contributed by atoms with van der Waals surface area (Å²) in [6, 6.07) is 3.07. The number of nitrogens with zero attached hydrogens (tertiary/aromatic N) is 2. The van der Waals surface area contributed by atoms with Gasteiger partial charge in [-0.2, -0.15) is 0 Å². The molecule has 2 unspecified atom stereocenters. The van der Waals surface area contributed by atoms with E-state index in [0.29, 0.717) is 5.88 Å². The van der Waals surface area contributed by atoms with Crippen molar-refractivity contribution in [3.8, 4) is 5.88 Å². The van der Waals surface area contributed by atoms with Gasteiger partial charge in [0.15, 0.2) is 0 Å². The summed E-state index contributed by atoms with van der Waals surface area (Å²) in [5, 5.41) is 29.5. The first kappa shape index (κ1) is 14.3. The van der Waals surface area contributed by atoms with Crippen LogP contribution < -0.4 is 10.1 Å². The summed E-state index contributed by atoms with van der Waals surface area (Å²) < 4.78 is 4.84. The maximum atomic E-state index is 10.6. The highest BCUT2D eigenvalue weighted by atomic mass is 16.5. The number of nitrogens with one attached hydrogen (secondary N) is 1. The first-order valence-corrected chi connectivity index (χ1v) is 5.52. The van der Waals surface area contributed by atoms with Crippen LogP contribution in [0.25, 0.3) is 0 Å². The minimum Gasteiger partial charge on any atom is -0.480 e. The molecular formula is C11H17N3O4. The molecule has 0 aliphatic heterocycles. The van der Waals surface area contributed by atoms with Crippen LogP contribution in [0.2, 0.25) is 0 Å². The Kier molecular flexibility index (Phi) is 5.47. The number of hydrogen-bond donors (Lipinski definition) is 3. The Balaban J connectivity index is 2.51. The van der Waals surface area contributed by atoms with E-state index in [1.165, 1.54) is 20.1 Å². The minimum atomic E-state index is -1.14. The molecule has 3 N–H and O–H groups in total. The molecule has 7 nitrogen and oxygen atoms in total. The quantitative estimate of drug-likeness (QED) is 0.627. The molecule has 1 amide bonds. The second-order valence-electron chi connectivity index (χ2n) is 3.78. The average Bonchev–Trinajstić information content (AvgIpc) is 2.37. The fourth-order valence-corrected chi connectivity index (χ4v) is 1.35. The lowest BCUT2D eigenvalue weighted by Gasteiger charge is -2.16. The third kappa shape index (κ3) is 4.27. The third-order valence-electron chi connectivity index (χ3n) is 2.35. The smallest absolute Gasteiger partial charge is 0.233 e. The maximum absolute atomic E-state index is 10.6. The van der Waals surface area contributed by atoms with Gasteiger partial charge in [-0.1, -0.05) is 0 Å². The van der Waals surface area contributed by atoms with Gasteiger partial charge in [0.2, 0.25) is 11.8 Å². The molecule has 0 saturated heterocycles. The van der Waals surface area contributed by atoms with E-state index in [1.807, 2.05) is 0 Å². The average molecular weight is 255 g/mol. The highest BCUT2D eigenvalue weighted by molar-refractivity contribution is 5.72. The van der Waals surface area contributed by atoms with Gasteiger partial charge in [0.05, 0.1) is 18.9 Å². The number of aliphatic hydroxyl groups is 2. The number of aliphatic hydroxyl groups excluding tert-OH is 2. The van der Waals surface area contributed by atoms with Crippen molar-refractivity contribution in [3.05, 3.63) is 17.8 Å². The van der Waals surface area contributed by atoms with Crippen molar-refractivity contribution in [2.24, 2.45) is 0 Å². The van der Waals surface area contributed by atoms with Gasteiger partial charge < -0.3 is 20.3 Å². The molecule has 100 valence electrons. The second kappa shape index (κ2) is 6.87. The fraction of sp³-hybridized carbons (Fsp3) is 0.545. The molecule has 0 saturated carbocycles. The number of carbonyl (C=O) groups is 1. The topological polar surface area (TPSA) is 105 Å². The van der Waals surface area contributed by atoms with E-state index in [0.717, 1.165) is 0 Å². The summed E-state index contributed by atoms with van der Waals surface area (Å²) in [6.07, 6.45) is -1.93. The van der Waals surface area contributed by atoms with Crippen molar-refractivity contribution in [1.82, 2.24) is 15.5 Å². The van der Waals surface area contributed by atoms with Crippen molar-refractivity contribution in [2.45, 2.75) is 25.6 Å². The number of carbonyl (C=O) groups excluding carboxylic acids is 1. The molecule has 2 atom stereocenters. The largest absolute Gasteiger partial charge is 0.480 e. The van der Waals surface area contributed by atoms with Gasteiger partial charge >= 0.3 is 0 Å². The minimum absolute atomic E-state index is 0.180. The second-order valence-corrected chi connectivity index (χ2v) is 3.78. The van der Waals surface area contributed by atoms with Crippen LogP contribution in [0.15, 0.2) is 12.1 Å². The van der Waals surface area contributed by atoms with Gasteiger partial charge in [0, 0.05) is 19.5 Å². The van der Waals surface area contributed by atoms with Gasteiger partial charge in [-0.25, -0.2) is 0 Å². The van der Waals surface area contributed by atoms with Gasteiger partial charge in [-0.05, 0) is 12.5 Å². The first-order chi connectivity index (χ1) is 8.54. The van der Waals surface area contributed by atoms with E-state index < -0.39 is 12.2 Å². The Labute approximate surface area is 105 Å². The summed E-state index contributed by atoms with van der Waals surface area (Å²) >= 11 is 0. The summed E-state index contributed by atoms with van der Waals surface area (Å²) in [4.78, 5) is 10.6. The van der Waals surface area contributed by atoms with Gasteiger partial charge in [0.25, 0.3) is 0 Å². The summed E-state index contributed by atoms with van der Waals surface area (Å²) in [5.41, 5.74) is 0.256. The zero-order valence-corrected chi connectivity index (χ0v) is 10.3. The highest BCUT2D eigenvalue weighted by Crippen LogP contribution is 2.17. The number of methoxy groups -OCH3 is 1. The fourth-order valence-electron chi connectivity index (χ4n) is 1.35. The van der Waals surface area contributed by atoms with Crippen molar-refractivity contribution in [2.75, 3.05) is 13.7 Å². The van der Waals surface area contributed by atoms with Gasteiger partial charge in [0.1, 0.15) is 6.10 Å². The number of rotatable bonds is 6. The standard InChI is InChI=1S/C11H17N3O4/c1-7(15)12-6-5-9(16)11(17)8-3-4-10(18-2)14-13-8/h3-4,9,11,16-17H,5-6H2,1-2H3,(H,12,15). The predicted octanol–water partition coefficient (Wildman–Crippen LogP) is -0.594. The molecule has 0 bridgehead atoms. The van der Waals surface area contributed by atoms with Crippen LogP contribution in [-0.2, 0) is 4.79 Å². The van der Waals surface area contributed by atoms with E-state index in [-0.39, 0.29) is 24.6 Å². The number of aromatic nitrogens is 2. The number of amides is 1. The first-order valence-electron chi connectivity index (χ1n) is 5.52. The van der Waals surface area contributed by atoms with Crippen LogP contribution in [0, 0.1) is 0 Å². The molecule has 0 radical (unpaired) electrons. The molecule has 1 heterocycles. The van der Waals surface area contributed by atoms with Gasteiger partial charge in [-0.15, -0.1) is 10.2 Å². The molecule has 7 heteroatoms. The molecule has 0 aliphatic carbocycles. The summed E-state index contributed by atoms with van der Waals surface area (Å²) in [6.45, 7) is 1.68. The van der Waals surface area contributed by atoms with E-state index in [1.54, 1.807) is 6.07 Å². The van der Waals surface area contributed by atoms with Crippen LogP contribution in [0.5, 0.6) is 5.88 Å². The van der Waals surface area contributed by atoms with E-state index in [2.05, 4.69) is 15.5 Å². The molecular weight excluding hydrogens is 238 g/mol. The van der Waals surface area contributed by atoms with Crippen LogP contribution in [0.1, 0.15) is 25.1 Å². The predicted molar refractivity (Wildman–Crippen MR) is 62.9 cm³/mol. The lowest BCUT2D eigenvalue weighted by Crippen LogP contribution is -2.28. The monoisotopic (exact) mass is 255 g/mol. The molecule has 1 aromatic heterocycles. The molecule has 0 spiro atoms. The Morgan fingerprint density at radius 2 is 2.17 bits per heavy atom. The molecule has 0 aliphatic rings. The van der Waals surface area contributed by atoms with Crippen LogP contribution >= 0.6 is 0 Å². The van der Waals surface area contributed by atoms with E-state index in [4.69, 9.17) is 4.74 Å². The Hall–Kier alpha value is -1.73. The summed E-state index contributed by atoms with van der Waals surface area (Å²) in [7, 11) is 1.46. The third-order valence-corrected chi connectivity index (χ3v) is 2.35. The van der Waals surface area contributed by atoms with Crippen molar-refractivity contribution < 1.29 is 19.7 Å². The summed E-state index contributed by atoms with van der Waals surface area (Å²) in [5.74, 6) is 0.152. The van der Waals surface area contributed by atoms with Crippen LogP contribution in [0.4, 0.5) is 0 Å². The molecule has 18 heavy (non-hydrogen) atoms. The highest BCUT2D eigenvalue weighted by Gasteiger charge is 2.20. The lowest BCUT2D eigenvalue weighted by molar-refractivity contribution is -0.119. The number of ether oxygens (including phenoxy) is 1. The van der Waals surface area contributed by atoms with Crippen molar-refractivity contribution >= 4 is 5.91 Å². The zero-order valence-electron chi connectivity index (χ0n) is 10.3. The normalized spacial score (nSPS) is 13.8. The van der Waals surface area contributed by atoms with Gasteiger partial charge in [-0.3, -0.25) is 4.79 Å². The molecule has 1 aromatic rings.